The van der Waals surface area contributed by atoms with Gasteiger partial charge in [-0.25, -0.2) is 4.98 Å². The lowest BCUT2D eigenvalue weighted by molar-refractivity contribution is -0.116. The van der Waals surface area contributed by atoms with Crippen LogP contribution in [0.15, 0.2) is 18.3 Å². The minimum atomic E-state index is -0.0147. The van der Waals surface area contributed by atoms with Gasteiger partial charge in [0.2, 0.25) is 5.91 Å². The zero-order chi connectivity index (χ0) is 12.1. The fourth-order valence-electron chi connectivity index (χ4n) is 1.29. The lowest BCUT2D eigenvalue weighted by Gasteiger charge is -2.22. The number of nitrogen functional groups attached to an aromatic ring is 1. The van der Waals surface area contributed by atoms with E-state index in [1.54, 1.807) is 23.2 Å². The predicted molar refractivity (Wildman–Crippen MR) is 65.2 cm³/mol. The van der Waals surface area contributed by atoms with Gasteiger partial charge in [0, 0.05) is 20.0 Å². The number of pyridine rings is 1. The molecule has 0 unspecified atom stereocenters. The molecule has 5 heteroatoms. The van der Waals surface area contributed by atoms with Gasteiger partial charge in [0.15, 0.2) is 0 Å². The summed E-state index contributed by atoms with van der Waals surface area (Å²) in [6.07, 6.45) is 1.56. The zero-order valence-electron chi connectivity index (χ0n) is 9.97. The van der Waals surface area contributed by atoms with E-state index in [4.69, 9.17) is 5.73 Å². The number of likely N-dealkylation sites (N-methyl/N-ethyl adjacent to an activating group) is 1. The first-order valence-corrected chi connectivity index (χ1v) is 5.15. The molecule has 5 nitrogen and oxygen atoms in total. The van der Waals surface area contributed by atoms with Crippen molar-refractivity contribution in [3.05, 3.63) is 18.3 Å². The number of anilines is 2. The summed E-state index contributed by atoms with van der Waals surface area (Å²) in [4.78, 5) is 19.3. The first-order valence-electron chi connectivity index (χ1n) is 5.15. The Labute approximate surface area is 95.9 Å². The molecule has 0 aliphatic carbocycles. The number of hydrogen-bond donors (Lipinski definition) is 1. The van der Waals surface area contributed by atoms with E-state index in [1.807, 2.05) is 19.0 Å². The molecule has 0 radical (unpaired) electrons. The van der Waals surface area contributed by atoms with E-state index in [0.717, 1.165) is 6.54 Å². The van der Waals surface area contributed by atoms with Crippen LogP contribution in [0.4, 0.5) is 11.5 Å². The first kappa shape index (κ1) is 12.4. The third kappa shape index (κ3) is 3.51. The Hall–Kier alpha value is -1.62. The van der Waals surface area contributed by atoms with Crippen LogP contribution < -0.4 is 10.6 Å². The molecule has 0 bridgehead atoms. The maximum atomic E-state index is 11.5. The number of nitrogens with zero attached hydrogens (tertiary/aromatic N) is 3. The van der Waals surface area contributed by atoms with Gasteiger partial charge in [-0.1, -0.05) is 0 Å². The summed E-state index contributed by atoms with van der Waals surface area (Å²) in [6.45, 7) is 2.96. The highest BCUT2D eigenvalue weighted by molar-refractivity contribution is 5.90. The van der Waals surface area contributed by atoms with Gasteiger partial charge in [-0.2, -0.15) is 0 Å². The molecule has 1 rings (SSSR count). The molecule has 2 N–H and O–H groups in total. The first-order chi connectivity index (χ1) is 7.50. The fourth-order valence-corrected chi connectivity index (χ4v) is 1.29. The molecule has 0 fully saturated rings. The smallest absolute Gasteiger partial charge is 0.225 e. The molecule has 1 aromatic rings. The average molecular weight is 222 g/mol. The molecule has 88 valence electrons. The Morgan fingerprint density at radius 3 is 2.50 bits per heavy atom. The average Bonchev–Trinajstić information content (AvgIpc) is 2.20. The molecule has 0 saturated carbocycles. The van der Waals surface area contributed by atoms with Crippen molar-refractivity contribution in [3.63, 3.8) is 0 Å². The number of carbonyl (C=O) groups excluding carboxylic acids is 1. The second kappa shape index (κ2) is 5.46. The van der Waals surface area contributed by atoms with E-state index in [2.05, 4.69) is 4.98 Å². The van der Waals surface area contributed by atoms with Gasteiger partial charge < -0.3 is 10.6 Å². The quantitative estimate of drug-likeness (QED) is 0.809. The Kier molecular flexibility index (Phi) is 4.25. The number of rotatable bonds is 4. The van der Waals surface area contributed by atoms with Crippen LogP contribution in [0.25, 0.3) is 0 Å². The summed E-state index contributed by atoms with van der Waals surface area (Å²) in [6, 6.07) is 3.50. The van der Waals surface area contributed by atoms with E-state index in [9.17, 15) is 4.79 Å². The number of aromatic nitrogens is 1. The summed E-state index contributed by atoms with van der Waals surface area (Å²) in [5, 5.41) is 0. The van der Waals surface area contributed by atoms with E-state index in [-0.39, 0.29) is 5.91 Å². The lowest BCUT2D eigenvalue weighted by Crippen LogP contribution is -2.35. The van der Waals surface area contributed by atoms with Crippen molar-refractivity contribution < 1.29 is 4.79 Å². The van der Waals surface area contributed by atoms with Crippen LogP contribution in [-0.2, 0) is 4.79 Å². The molecular weight excluding hydrogens is 204 g/mol. The van der Waals surface area contributed by atoms with E-state index >= 15 is 0 Å². The van der Waals surface area contributed by atoms with Crippen LogP contribution in [0.5, 0.6) is 0 Å². The van der Waals surface area contributed by atoms with Gasteiger partial charge in [-0.3, -0.25) is 9.69 Å². The van der Waals surface area contributed by atoms with Gasteiger partial charge in [0.1, 0.15) is 5.82 Å². The molecular formula is C11H18N4O. The number of hydrogen-bond acceptors (Lipinski definition) is 4. The van der Waals surface area contributed by atoms with Gasteiger partial charge >= 0.3 is 0 Å². The molecule has 0 aromatic carbocycles. The van der Waals surface area contributed by atoms with E-state index in [0.29, 0.717) is 18.1 Å². The maximum absolute atomic E-state index is 11.5. The molecule has 16 heavy (non-hydrogen) atoms. The van der Waals surface area contributed by atoms with Crippen molar-refractivity contribution >= 4 is 17.4 Å². The van der Waals surface area contributed by atoms with Gasteiger partial charge in [-0.05, 0) is 26.2 Å². The van der Waals surface area contributed by atoms with Crippen LogP contribution >= 0.6 is 0 Å². The third-order valence-corrected chi connectivity index (χ3v) is 2.20. The zero-order valence-corrected chi connectivity index (χ0v) is 9.97. The number of carbonyl (C=O) groups is 1. The SMILES string of the molecule is CC(=O)N(CCN(C)C)c1ccc(N)cn1. The minimum Gasteiger partial charge on any atom is -0.397 e. The van der Waals surface area contributed by atoms with Gasteiger partial charge in [-0.15, -0.1) is 0 Å². The summed E-state index contributed by atoms with van der Waals surface area (Å²) < 4.78 is 0. The normalized spacial score (nSPS) is 10.5. The van der Waals surface area contributed by atoms with Crippen LogP contribution in [0.2, 0.25) is 0 Å². The Balaban J connectivity index is 2.77. The van der Waals surface area contributed by atoms with Crippen LogP contribution in [0.3, 0.4) is 0 Å². The minimum absolute atomic E-state index is 0.0147. The van der Waals surface area contributed by atoms with Crippen LogP contribution in [-0.4, -0.2) is 43.0 Å². The molecule has 1 aromatic heterocycles. The highest BCUT2D eigenvalue weighted by atomic mass is 16.2. The highest BCUT2D eigenvalue weighted by Crippen LogP contribution is 2.12. The molecule has 0 saturated heterocycles. The molecule has 0 aliphatic heterocycles. The summed E-state index contributed by atoms with van der Waals surface area (Å²) in [5.41, 5.74) is 6.15. The summed E-state index contributed by atoms with van der Waals surface area (Å²) >= 11 is 0. The maximum Gasteiger partial charge on any atom is 0.225 e. The standard InChI is InChI=1S/C11H18N4O/c1-9(16)15(7-6-14(2)3)11-5-4-10(12)8-13-11/h4-5,8H,6-7,12H2,1-3H3. The highest BCUT2D eigenvalue weighted by Gasteiger charge is 2.12. The largest absolute Gasteiger partial charge is 0.397 e. The Bertz CT molecular complexity index is 348. The summed E-state index contributed by atoms with van der Waals surface area (Å²) in [7, 11) is 3.93. The van der Waals surface area contributed by atoms with Crippen molar-refractivity contribution in [2.45, 2.75) is 6.92 Å². The van der Waals surface area contributed by atoms with Crippen molar-refractivity contribution in [1.29, 1.82) is 0 Å². The predicted octanol–water partition coefficient (Wildman–Crippen LogP) is 0.578. The van der Waals surface area contributed by atoms with Gasteiger partial charge in [0.25, 0.3) is 0 Å². The second-order valence-corrected chi connectivity index (χ2v) is 3.92. The molecule has 0 spiro atoms. The van der Waals surface area contributed by atoms with Gasteiger partial charge in [0.05, 0.1) is 11.9 Å². The molecule has 0 atom stereocenters. The van der Waals surface area contributed by atoms with E-state index < -0.39 is 0 Å². The lowest BCUT2D eigenvalue weighted by atomic mass is 10.3. The molecule has 1 amide bonds. The van der Waals surface area contributed by atoms with E-state index in [1.165, 1.54) is 6.92 Å². The van der Waals surface area contributed by atoms with Crippen molar-refractivity contribution in [2.75, 3.05) is 37.8 Å². The Morgan fingerprint density at radius 1 is 1.38 bits per heavy atom. The van der Waals surface area contributed by atoms with Crippen LogP contribution in [0, 0.1) is 0 Å². The van der Waals surface area contributed by atoms with Crippen molar-refractivity contribution in [3.8, 4) is 0 Å². The van der Waals surface area contributed by atoms with Crippen molar-refractivity contribution in [1.82, 2.24) is 9.88 Å². The molecule has 1 heterocycles. The fraction of sp³-hybridized carbons (Fsp3) is 0.455. The topological polar surface area (TPSA) is 62.5 Å². The molecule has 0 aliphatic rings. The summed E-state index contributed by atoms with van der Waals surface area (Å²) in [5.74, 6) is 0.627. The van der Waals surface area contributed by atoms with Crippen molar-refractivity contribution in [2.24, 2.45) is 0 Å². The second-order valence-electron chi connectivity index (χ2n) is 3.92. The third-order valence-electron chi connectivity index (χ3n) is 2.20. The van der Waals surface area contributed by atoms with Crippen LogP contribution in [0.1, 0.15) is 6.92 Å². The number of amides is 1. The number of nitrogens with two attached hydrogens (primary N) is 1. The Morgan fingerprint density at radius 2 is 2.06 bits per heavy atom. The monoisotopic (exact) mass is 222 g/mol.